The molecule has 1 N–H and O–H groups in total. The number of para-hydroxylation sites is 1. The van der Waals surface area contributed by atoms with Gasteiger partial charge in [-0.2, -0.15) is 13.1 Å². The van der Waals surface area contributed by atoms with E-state index in [4.69, 9.17) is 9.47 Å². The van der Waals surface area contributed by atoms with Crippen LogP contribution in [-0.2, 0) is 14.8 Å². The molecule has 0 aromatic heterocycles. The largest absolute Gasteiger partial charge is 0.496 e. The molecule has 162 valence electrons. The zero-order chi connectivity index (χ0) is 21.7. The summed E-state index contributed by atoms with van der Waals surface area (Å²) < 4.78 is 63.1. The molecule has 0 saturated carbocycles. The summed E-state index contributed by atoms with van der Waals surface area (Å²) in [5.74, 6) is -3.17. The summed E-state index contributed by atoms with van der Waals surface area (Å²) in [4.78, 5) is 13.0. The van der Waals surface area contributed by atoms with E-state index in [0.29, 0.717) is 25.0 Å². The van der Waals surface area contributed by atoms with Gasteiger partial charge in [-0.25, -0.2) is 8.42 Å². The molecule has 1 heterocycles. The Hall–Kier alpha value is -2.21. The van der Waals surface area contributed by atoms with E-state index in [0.717, 1.165) is 0 Å². The lowest BCUT2D eigenvalue weighted by Gasteiger charge is -2.26. The number of carbonyl (C=O) groups is 1. The van der Waals surface area contributed by atoms with Crippen LogP contribution in [0.1, 0.15) is 10.4 Å². The lowest BCUT2D eigenvalue weighted by Crippen LogP contribution is -2.40. The van der Waals surface area contributed by atoms with Gasteiger partial charge in [0.15, 0.2) is 0 Å². The van der Waals surface area contributed by atoms with E-state index in [9.17, 15) is 22.0 Å². The fraction of sp³-hybridized carbons (Fsp3) is 0.316. The highest BCUT2D eigenvalue weighted by atomic mass is 32.2. The number of benzene rings is 2. The summed E-state index contributed by atoms with van der Waals surface area (Å²) in [6.07, 6.45) is 0. The summed E-state index contributed by atoms with van der Waals surface area (Å²) in [5.41, 5.74) is 0.167. The summed E-state index contributed by atoms with van der Waals surface area (Å²) in [6.45, 7) is 1.02. The number of hydrogen-bond acceptors (Lipinski definition) is 6. The van der Waals surface area contributed by atoms with Crippen LogP contribution in [0.2, 0.25) is 0 Å². The first-order valence-corrected chi connectivity index (χ1v) is 11.3. The van der Waals surface area contributed by atoms with E-state index in [1.165, 1.54) is 41.7 Å². The Kier molecular flexibility index (Phi) is 7.29. The molecule has 30 heavy (non-hydrogen) atoms. The van der Waals surface area contributed by atoms with Gasteiger partial charge in [0.2, 0.25) is 10.0 Å². The monoisotopic (exact) mass is 458 g/mol. The number of morpholine rings is 1. The molecule has 2 aromatic rings. The Balaban J connectivity index is 1.92. The smallest absolute Gasteiger partial charge is 0.288 e. The van der Waals surface area contributed by atoms with Gasteiger partial charge in [-0.1, -0.05) is 23.9 Å². The predicted octanol–water partition coefficient (Wildman–Crippen LogP) is 3.28. The van der Waals surface area contributed by atoms with E-state index in [1.54, 1.807) is 12.1 Å². The van der Waals surface area contributed by atoms with Gasteiger partial charge in [0.1, 0.15) is 5.75 Å². The number of carbonyl (C=O) groups excluding carboxylic acids is 1. The average Bonchev–Trinajstić information content (AvgIpc) is 2.74. The third kappa shape index (κ3) is 5.09. The Labute approximate surface area is 177 Å². The maximum Gasteiger partial charge on any atom is 0.288 e. The van der Waals surface area contributed by atoms with Crippen molar-refractivity contribution in [3.05, 3.63) is 48.0 Å². The van der Waals surface area contributed by atoms with Gasteiger partial charge in [-0.15, -0.1) is 0 Å². The molecule has 1 saturated heterocycles. The van der Waals surface area contributed by atoms with E-state index >= 15 is 0 Å². The molecule has 1 fully saturated rings. The van der Waals surface area contributed by atoms with E-state index < -0.39 is 21.7 Å². The number of sulfonamides is 1. The highest BCUT2D eigenvalue weighted by Gasteiger charge is 2.28. The lowest BCUT2D eigenvalue weighted by atomic mass is 10.2. The van der Waals surface area contributed by atoms with Gasteiger partial charge in [0.25, 0.3) is 11.7 Å². The minimum atomic E-state index is -3.83. The number of rotatable bonds is 7. The van der Waals surface area contributed by atoms with Gasteiger partial charge in [-0.05, 0) is 30.3 Å². The zero-order valence-corrected chi connectivity index (χ0v) is 17.6. The van der Waals surface area contributed by atoms with Crippen molar-refractivity contribution in [2.24, 2.45) is 0 Å². The first-order chi connectivity index (χ1) is 14.3. The topological polar surface area (TPSA) is 84.9 Å². The van der Waals surface area contributed by atoms with E-state index in [2.05, 4.69) is 5.32 Å². The first-order valence-electron chi connectivity index (χ1n) is 8.94. The van der Waals surface area contributed by atoms with Crippen LogP contribution in [-0.4, -0.2) is 57.8 Å². The number of alkyl halides is 2. The third-order valence-corrected chi connectivity index (χ3v) is 7.06. The lowest BCUT2D eigenvalue weighted by molar-refractivity contribution is 0.0730. The maximum atomic E-state index is 12.9. The van der Waals surface area contributed by atoms with Crippen LogP contribution < -0.4 is 10.1 Å². The van der Waals surface area contributed by atoms with Crippen molar-refractivity contribution in [3.63, 3.8) is 0 Å². The molecular weight excluding hydrogens is 438 g/mol. The molecule has 0 unspecified atom stereocenters. The van der Waals surface area contributed by atoms with Crippen molar-refractivity contribution < 1.29 is 31.5 Å². The average molecular weight is 459 g/mol. The number of nitrogens with zero attached hydrogens (tertiary/aromatic N) is 1. The molecule has 0 aliphatic carbocycles. The zero-order valence-electron chi connectivity index (χ0n) is 16.0. The van der Waals surface area contributed by atoms with Crippen LogP contribution in [0.4, 0.5) is 14.5 Å². The Morgan fingerprint density at radius 1 is 1.20 bits per heavy atom. The van der Waals surface area contributed by atoms with Gasteiger partial charge in [-0.3, -0.25) is 4.79 Å². The number of hydrogen-bond donors (Lipinski definition) is 1. The molecule has 1 aliphatic rings. The molecule has 11 heteroatoms. The number of anilines is 1. The van der Waals surface area contributed by atoms with E-state index in [-0.39, 0.29) is 39.9 Å². The fourth-order valence-electron chi connectivity index (χ4n) is 2.92. The van der Waals surface area contributed by atoms with Crippen LogP contribution in [0.25, 0.3) is 0 Å². The molecule has 7 nitrogen and oxygen atoms in total. The van der Waals surface area contributed by atoms with Gasteiger partial charge in [0, 0.05) is 18.0 Å². The Bertz CT molecular complexity index is 1010. The predicted molar refractivity (Wildman–Crippen MR) is 109 cm³/mol. The number of amides is 1. The highest BCUT2D eigenvalue weighted by Crippen LogP contribution is 2.33. The number of thioether (sulfide) groups is 1. The van der Waals surface area contributed by atoms with Crippen molar-refractivity contribution in [2.45, 2.75) is 15.5 Å². The fourth-order valence-corrected chi connectivity index (χ4v) is 4.95. The molecule has 0 atom stereocenters. The number of halogens is 2. The molecule has 1 amide bonds. The maximum absolute atomic E-state index is 12.9. The molecule has 0 bridgehead atoms. The Morgan fingerprint density at radius 3 is 2.57 bits per heavy atom. The first kappa shape index (κ1) is 22.5. The van der Waals surface area contributed by atoms with Crippen molar-refractivity contribution in [1.29, 1.82) is 0 Å². The quantitative estimate of drug-likeness (QED) is 0.641. The molecule has 2 aromatic carbocycles. The molecule has 0 radical (unpaired) electrons. The SMILES string of the molecule is COc1ccc(S(=O)(=O)N2CCOCC2)cc1C(=O)Nc1ccccc1SC(F)F. The van der Waals surface area contributed by atoms with Gasteiger partial charge in [0.05, 0.1) is 36.5 Å². The van der Waals surface area contributed by atoms with Gasteiger partial charge >= 0.3 is 0 Å². The van der Waals surface area contributed by atoms with Crippen molar-refractivity contribution in [3.8, 4) is 5.75 Å². The standard InChI is InChI=1S/C19H20F2N2O5S2/c1-27-16-7-6-13(30(25,26)23-8-10-28-11-9-23)12-14(16)18(24)22-15-4-2-3-5-17(15)29-19(20)21/h2-7,12,19H,8-11H2,1H3,(H,22,24). The van der Waals surface area contributed by atoms with Crippen LogP contribution in [0.15, 0.2) is 52.3 Å². The van der Waals surface area contributed by atoms with E-state index in [1.807, 2.05) is 0 Å². The molecule has 1 aliphatic heterocycles. The minimum Gasteiger partial charge on any atom is -0.496 e. The summed E-state index contributed by atoms with van der Waals surface area (Å²) in [6, 6.07) is 10.1. The van der Waals surface area contributed by atoms with Crippen LogP contribution in [0, 0.1) is 0 Å². The molecule has 3 rings (SSSR count). The molecular formula is C19H20F2N2O5S2. The Morgan fingerprint density at radius 2 is 1.90 bits per heavy atom. The summed E-state index contributed by atoms with van der Waals surface area (Å²) >= 11 is 0.305. The number of methoxy groups -OCH3 is 1. The second-order valence-electron chi connectivity index (χ2n) is 6.21. The van der Waals surface area contributed by atoms with Crippen LogP contribution in [0.5, 0.6) is 5.75 Å². The van der Waals surface area contributed by atoms with Crippen molar-refractivity contribution in [1.82, 2.24) is 4.31 Å². The summed E-state index contributed by atoms with van der Waals surface area (Å²) in [5, 5.41) is 2.56. The number of nitrogens with one attached hydrogen (secondary N) is 1. The second kappa shape index (κ2) is 9.73. The minimum absolute atomic E-state index is 0.0244. The molecule has 0 spiro atoms. The van der Waals surface area contributed by atoms with Crippen molar-refractivity contribution in [2.75, 3.05) is 38.7 Å². The number of ether oxygens (including phenoxy) is 2. The second-order valence-corrected chi connectivity index (χ2v) is 9.18. The van der Waals surface area contributed by atoms with Crippen LogP contribution in [0.3, 0.4) is 0 Å². The normalized spacial score (nSPS) is 15.2. The highest BCUT2D eigenvalue weighted by molar-refractivity contribution is 7.99. The van der Waals surface area contributed by atoms with Crippen molar-refractivity contribution >= 4 is 33.4 Å². The van der Waals surface area contributed by atoms with Gasteiger partial charge < -0.3 is 14.8 Å². The summed E-state index contributed by atoms with van der Waals surface area (Å²) in [7, 11) is -2.48. The third-order valence-electron chi connectivity index (χ3n) is 4.37. The van der Waals surface area contributed by atoms with Crippen LogP contribution >= 0.6 is 11.8 Å².